The Kier molecular flexibility index (Phi) is 4.94. The third kappa shape index (κ3) is 2.82. The molecule has 3 aromatic rings. The molecule has 0 aliphatic carbocycles. The van der Waals surface area contributed by atoms with E-state index in [0.29, 0.717) is 0 Å². The molecule has 0 N–H and O–H groups in total. The molecule has 0 fully saturated rings. The maximum atomic E-state index is 2.34. The van der Waals surface area contributed by atoms with E-state index in [2.05, 4.69) is 97.9 Å². The minimum absolute atomic E-state index is 1.22. The zero-order valence-corrected chi connectivity index (χ0v) is 15.1. The number of alkyl halides is 1. The van der Waals surface area contributed by atoms with Gasteiger partial charge in [0.05, 0.1) is 0 Å². The predicted octanol–water partition coefficient (Wildman–Crippen LogP) is 2.17. The van der Waals surface area contributed by atoms with E-state index >= 15 is 0 Å². The van der Waals surface area contributed by atoms with E-state index in [9.17, 15) is 0 Å². The normalized spacial score (nSPS) is 12.0. The summed E-state index contributed by atoms with van der Waals surface area (Å²) >= 11 is -2.47. The second-order valence-corrected chi connectivity index (χ2v) is 14.0. The summed E-state index contributed by atoms with van der Waals surface area (Å²) in [6, 6.07) is 33.5. The van der Waals surface area contributed by atoms with Crippen LogP contribution < -0.4 is 18.4 Å². The van der Waals surface area contributed by atoms with Gasteiger partial charge in [-0.3, -0.25) is 0 Å². The molecule has 0 aromatic heterocycles. The van der Waals surface area contributed by atoms with Gasteiger partial charge in [-0.15, -0.1) is 0 Å². The van der Waals surface area contributed by atoms with Crippen LogP contribution in [0.3, 0.4) is 0 Å². The van der Waals surface area contributed by atoms with Gasteiger partial charge in [-0.25, -0.2) is 0 Å². The summed E-state index contributed by atoms with van der Waals surface area (Å²) < 4.78 is 5.93. The average Bonchev–Trinajstić information content (AvgIpc) is 2.62. The van der Waals surface area contributed by atoms with Gasteiger partial charge >= 0.3 is 138 Å². The number of benzene rings is 3. The Morgan fingerprint density at radius 3 is 1.14 bits per heavy atom. The summed E-state index contributed by atoms with van der Waals surface area (Å²) in [5.41, 5.74) is 0. The first kappa shape index (κ1) is 15.3. The number of halogens is 1. The standard InChI is InChI=1S/C21H22I/c1-2-18-22(19-12-6-3-7-13-19,20-14-8-4-9-15-20)21-16-10-5-11-17-21/h3-17H,2,18H2,1H3/q-1. The molecule has 0 radical (unpaired) electrons. The van der Waals surface area contributed by atoms with E-state index in [1.807, 2.05) is 0 Å². The van der Waals surface area contributed by atoms with Crippen molar-refractivity contribution in [3.63, 3.8) is 0 Å². The van der Waals surface area contributed by atoms with Crippen molar-refractivity contribution in [1.29, 1.82) is 0 Å². The molecule has 114 valence electrons. The van der Waals surface area contributed by atoms with Crippen LogP contribution in [0.2, 0.25) is 0 Å². The Morgan fingerprint density at radius 1 is 0.545 bits per heavy atom. The quantitative estimate of drug-likeness (QED) is 0.454. The van der Waals surface area contributed by atoms with Gasteiger partial charge in [-0.2, -0.15) is 0 Å². The second kappa shape index (κ2) is 7.10. The Labute approximate surface area is 137 Å². The minimum atomic E-state index is -2.47. The van der Waals surface area contributed by atoms with Crippen LogP contribution in [0.1, 0.15) is 13.3 Å². The number of rotatable bonds is 5. The molecule has 3 rings (SSSR count). The van der Waals surface area contributed by atoms with Crippen LogP contribution in [-0.4, -0.2) is 4.43 Å². The molecule has 0 saturated carbocycles. The van der Waals surface area contributed by atoms with Gasteiger partial charge in [0.25, 0.3) is 0 Å². The van der Waals surface area contributed by atoms with Crippen molar-refractivity contribution < 1.29 is 18.4 Å². The fourth-order valence-electron chi connectivity index (χ4n) is 2.88. The van der Waals surface area contributed by atoms with Crippen LogP contribution in [-0.2, 0) is 0 Å². The monoisotopic (exact) mass is 401 g/mol. The molecule has 0 unspecified atom stereocenters. The van der Waals surface area contributed by atoms with Gasteiger partial charge in [0, 0.05) is 0 Å². The van der Waals surface area contributed by atoms with Crippen molar-refractivity contribution in [1.82, 2.24) is 0 Å². The summed E-state index contributed by atoms with van der Waals surface area (Å²) in [5, 5.41) is 0. The van der Waals surface area contributed by atoms with Gasteiger partial charge in [0.1, 0.15) is 0 Å². The van der Waals surface area contributed by atoms with Crippen molar-refractivity contribution in [3.05, 3.63) is 102 Å². The number of hydrogen-bond donors (Lipinski definition) is 0. The molecule has 0 spiro atoms. The van der Waals surface area contributed by atoms with Crippen LogP contribution >= 0.6 is 0 Å². The molecule has 0 saturated heterocycles. The zero-order valence-electron chi connectivity index (χ0n) is 13.0. The molecule has 0 aliphatic heterocycles. The van der Waals surface area contributed by atoms with E-state index in [1.54, 1.807) is 10.7 Å². The van der Waals surface area contributed by atoms with Crippen LogP contribution in [0.4, 0.5) is 0 Å². The molecular formula is C21H22I-. The van der Waals surface area contributed by atoms with Crippen molar-refractivity contribution in [3.8, 4) is 0 Å². The fraction of sp³-hybridized carbons (Fsp3) is 0.143. The Morgan fingerprint density at radius 2 is 0.864 bits per heavy atom. The topological polar surface area (TPSA) is 0 Å². The molecule has 0 bridgehead atoms. The summed E-state index contributed by atoms with van der Waals surface area (Å²) in [4.78, 5) is 0. The first-order chi connectivity index (χ1) is 10.9. The van der Waals surface area contributed by atoms with E-state index in [1.165, 1.54) is 10.8 Å². The van der Waals surface area contributed by atoms with E-state index in [0.717, 1.165) is 0 Å². The summed E-state index contributed by atoms with van der Waals surface area (Å²) in [6.45, 7) is 2.31. The van der Waals surface area contributed by atoms with Crippen LogP contribution in [0.15, 0.2) is 91.0 Å². The van der Waals surface area contributed by atoms with Crippen LogP contribution in [0, 0.1) is 10.7 Å². The zero-order chi connectivity index (χ0) is 15.3. The second-order valence-electron chi connectivity index (χ2n) is 5.26. The molecule has 0 atom stereocenters. The molecule has 1 heteroatoms. The molecule has 0 heterocycles. The van der Waals surface area contributed by atoms with E-state index in [-0.39, 0.29) is 0 Å². The van der Waals surface area contributed by atoms with Crippen molar-refractivity contribution >= 4 is 0 Å². The Balaban J connectivity index is 2.29. The first-order valence-electron chi connectivity index (χ1n) is 7.77. The van der Waals surface area contributed by atoms with Gasteiger partial charge < -0.3 is 0 Å². The average molecular weight is 401 g/mol. The molecule has 0 aliphatic rings. The fourth-order valence-corrected chi connectivity index (χ4v) is 13.5. The summed E-state index contributed by atoms with van der Waals surface area (Å²) in [7, 11) is 0. The van der Waals surface area contributed by atoms with Crippen molar-refractivity contribution in [2.45, 2.75) is 13.3 Å². The maximum absolute atomic E-state index is 2.47. The third-order valence-corrected chi connectivity index (χ3v) is 15.0. The molecule has 0 nitrogen and oxygen atoms in total. The van der Waals surface area contributed by atoms with E-state index in [4.69, 9.17) is 0 Å². The van der Waals surface area contributed by atoms with Crippen LogP contribution in [0.25, 0.3) is 0 Å². The van der Waals surface area contributed by atoms with Crippen molar-refractivity contribution in [2.24, 2.45) is 0 Å². The molecule has 22 heavy (non-hydrogen) atoms. The SMILES string of the molecule is CCC[I-](c1ccccc1)(c1ccccc1)c1ccccc1. The molecule has 3 aromatic carbocycles. The third-order valence-electron chi connectivity index (χ3n) is 3.79. The van der Waals surface area contributed by atoms with Gasteiger partial charge in [-0.05, 0) is 0 Å². The Bertz CT molecular complexity index is 593. The van der Waals surface area contributed by atoms with Gasteiger partial charge in [0.2, 0.25) is 0 Å². The Hall–Kier alpha value is -1.61. The first-order valence-corrected chi connectivity index (χ1v) is 12.5. The van der Waals surface area contributed by atoms with Crippen LogP contribution in [0.5, 0.6) is 0 Å². The van der Waals surface area contributed by atoms with Gasteiger partial charge in [0.15, 0.2) is 0 Å². The van der Waals surface area contributed by atoms with Crippen molar-refractivity contribution in [2.75, 3.05) is 4.43 Å². The molecule has 0 amide bonds. The summed E-state index contributed by atoms with van der Waals surface area (Å²) in [6.07, 6.45) is 1.22. The number of hydrogen-bond acceptors (Lipinski definition) is 0. The van der Waals surface area contributed by atoms with E-state index < -0.39 is 18.4 Å². The molecular weight excluding hydrogens is 379 g/mol. The summed E-state index contributed by atoms with van der Waals surface area (Å²) in [5.74, 6) is 0. The van der Waals surface area contributed by atoms with Gasteiger partial charge in [-0.1, -0.05) is 0 Å². The predicted molar refractivity (Wildman–Crippen MR) is 90.6 cm³/mol.